The Hall–Kier alpha value is -3.16. The van der Waals surface area contributed by atoms with E-state index < -0.39 is 0 Å². The maximum Gasteiger partial charge on any atom is 0.252 e. The second-order valence-corrected chi connectivity index (χ2v) is 6.03. The van der Waals surface area contributed by atoms with Gasteiger partial charge in [-0.2, -0.15) is 0 Å². The number of fused-ring (bicyclic) bond motifs is 1. The third kappa shape index (κ3) is 2.98. The van der Waals surface area contributed by atoms with Crippen molar-refractivity contribution in [3.05, 3.63) is 35.7 Å². The Morgan fingerprint density at radius 2 is 2.08 bits per heavy atom. The Morgan fingerprint density at radius 1 is 1.28 bits per heavy atom. The van der Waals surface area contributed by atoms with E-state index in [1.165, 1.54) is 6.33 Å². The van der Waals surface area contributed by atoms with Gasteiger partial charge in [0.1, 0.15) is 23.7 Å². The van der Waals surface area contributed by atoms with Gasteiger partial charge >= 0.3 is 0 Å². The van der Waals surface area contributed by atoms with Crippen LogP contribution in [0.3, 0.4) is 0 Å². The zero-order valence-corrected chi connectivity index (χ0v) is 13.6. The summed E-state index contributed by atoms with van der Waals surface area (Å²) in [4.78, 5) is 31.9. The van der Waals surface area contributed by atoms with Crippen LogP contribution in [0.2, 0.25) is 0 Å². The Bertz CT molecular complexity index is 863. The molecule has 1 aliphatic heterocycles. The van der Waals surface area contributed by atoms with Crippen LogP contribution in [0.25, 0.3) is 0 Å². The van der Waals surface area contributed by atoms with Gasteiger partial charge in [0.2, 0.25) is 5.91 Å². The molecule has 0 saturated heterocycles. The third-order valence-corrected chi connectivity index (χ3v) is 4.26. The lowest BCUT2D eigenvalue weighted by molar-refractivity contribution is -0.117. The molecule has 2 aliphatic rings. The highest BCUT2D eigenvalue weighted by atomic mass is 16.5. The number of benzene rings is 1. The predicted octanol–water partition coefficient (Wildman–Crippen LogP) is 1.82. The lowest BCUT2D eigenvalue weighted by Gasteiger charge is -2.14. The van der Waals surface area contributed by atoms with Gasteiger partial charge in [-0.1, -0.05) is 0 Å². The summed E-state index contributed by atoms with van der Waals surface area (Å²) in [5, 5.41) is 8.73. The van der Waals surface area contributed by atoms with Gasteiger partial charge < -0.3 is 20.7 Å². The first kappa shape index (κ1) is 15.4. The van der Waals surface area contributed by atoms with Crippen molar-refractivity contribution >= 4 is 29.1 Å². The Morgan fingerprint density at radius 3 is 2.84 bits per heavy atom. The highest BCUT2D eigenvalue weighted by Crippen LogP contribution is 2.35. The van der Waals surface area contributed by atoms with Gasteiger partial charge in [0.15, 0.2) is 0 Å². The Labute approximate surface area is 144 Å². The van der Waals surface area contributed by atoms with Gasteiger partial charge in [-0.25, -0.2) is 9.97 Å². The van der Waals surface area contributed by atoms with Crippen molar-refractivity contribution in [3.8, 4) is 5.75 Å². The smallest absolute Gasteiger partial charge is 0.252 e. The van der Waals surface area contributed by atoms with E-state index in [0.717, 1.165) is 18.4 Å². The zero-order chi connectivity index (χ0) is 17.4. The molecule has 128 valence electrons. The Balaban J connectivity index is 1.58. The summed E-state index contributed by atoms with van der Waals surface area (Å²) in [6.45, 7) is 0.430. The number of carbonyl (C=O) groups is 2. The molecule has 4 rings (SSSR count). The molecule has 0 atom stereocenters. The first-order valence-corrected chi connectivity index (χ1v) is 8.03. The molecule has 8 nitrogen and oxygen atoms in total. The van der Waals surface area contributed by atoms with Crippen LogP contribution in [-0.4, -0.2) is 28.9 Å². The van der Waals surface area contributed by atoms with Crippen molar-refractivity contribution in [2.24, 2.45) is 5.92 Å². The van der Waals surface area contributed by atoms with E-state index in [4.69, 9.17) is 4.74 Å². The number of amides is 2. The first-order chi connectivity index (χ1) is 12.2. The predicted molar refractivity (Wildman–Crippen MR) is 90.8 cm³/mol. The molecule has 2 amide bonds. The molecule has 0 radical (unpaired) electrons. The summed E-state index contributed by atoms with van der Waals surface area (Å²) < 4.78 is 5.48. The van der Waals surface area contributed by atoms with E-state index in [1.54, 1.807) is 25.3 Å². The molecule has 25 heavy (non-hydrogen) atoms. The normalized spacial score (nSPS) is 15.3. The summed E-state index contributed by atoms with van der Waals surface area (Å²) >= 11 is 0. The lowest BCUT2D eigenvalue weighted by Crippen LogP contribution is -2.14. The van der Waals surface area contributed by atoms with Crippen LogP contribution in [0.1, 0.15) is 28.8 Å². The van der Waals surface area contributed by atoms with E-state index in [9.17, 15) is 9.59 Å². The minimum Gasteiger partial charge on any atom is -0.494 e. The summed E-state index contributed by atoms with van der Waals surface area (Å²) in [6, 6.07) is 5.18. The number of carbonyl (C=O) groups excluding carboxylic acids is 2. The number of hydrogen-bond acceptors (Lipinski definition) is 6. The van der Waals surface area contributed by atoms with Gasteiger partial charge in [-0.15, -0.1) is 0 Å². The number of aromatic nitrogens is 2. The van der Waals surface area contributed by atoms with Crippen molar-refractivity contribution in [1.29, 1.82) is 0 Å². The van der Waals surface area contributed by atoms with E-state index in [0.29, 0.717) is 35.2 Å². The fraction of sp³-hybridized carbons (Fsp3) is 0.294. The minimum atomic E-state index is -0.105. The Kier molecular flexibility index (Phi) is 3.72. The summed E-state index contributed by atoms with van der Waals surface area (Å²) in [5.74, 6) is 1.56. The molecular weight excluding hydrogens is 322 g/mol. The molecule has 3 N–H and O–H groups in total. The van der Waals surface area contributed by atoms with E-state index >= 15 is 0 Å². The van der Waals surface area contributed by atoms with Crippen LogP contribution >= 0.6 is 0 Å². The number of ether oxygens (including phenoxy) is 1. The molecule has 1 aromatic heterocycles. The molecule has 1 aliphatic carbocycles. The lowest BCUT2D eigenvalue weighted by atomic mass is 10.1. The zero-order valence-electron chi connectivity index (χ0n) is 13.6. The van der Waals surface area contributed by atoms with Gasteiger partial charge in [0.25, 0.3) is 5.91 Å². The second-order valence-electron chi connectivity index (χ2n) is 6.03. The summed E-state index contributed by atoms with van der Waals surface area (Å²) in [5.41, 5.74) is 2.12. The van der Waals surface area contributed by atoms with Crippen molar-refractivity contribution in [1.82, 2.24) is 15.3 Å². The number of nitrogens with one attached hydrogen (secondary N) is 3. The molecule has 8 heteroatoms. The number of hydrogen-bond donors (Lipinski definition) is 3. The average Bonchev–Trinajstić information content (AvgIpc) is 3.39. The number of rotatable bonds is 5. The fourth-order valence-electron chi connectivity index (χ4n) is 2.82. The quantitative estimate of drug-likeness (QED) is 0.767. The third-order valence-electron chi connectivity index (χ3n) is 4.26. The molecule has 2 aromatic rings. The van der Waals surface area contributed by atoms with Crippen LogP contribution in [0.4, 0.5) is 17.3 Å². The van der Waals surface area contributed by atoms with Crippen LogP contribution in [0.5, 0.6) is 5.75 Å². The summed E-state index contributed by atoms with van der Waals surface area (Å²) in [6.07, 6.45) is 3.25. The molecular formula is C17H17N5O3. The van der Waals surface area contributed by atoms with E-state index in [2.05, 4.69) is 25.9 Å². The van der Waals surface area contributed by atoms with Crippen LogP contribution in [-0.2, 0) is 11.3 Å². The van der Waals surface area contributed by atoms with Crippen LogP contribution in [0, 0.1) is 5.92 Å². The molecule has 1 aromatic carbocycles. The maximum absolute atomic E-state index is 11.9. The van der Waals surface area contributed by atoms with Crippen LogP contribution < -0.4 is 20.7 Å². The number of anilines is 3. The molecule has 0 bridgehead atoms. The topological polar surface area (TPSA) is 105 Å². The molecule has 1 fully saturated rings. The number of methoxy groups -OCH3 is 1. The highest BCUT2D eigenvalue weighted by molar-refractivity contribution is 6.00. The molecule has 0 spiro atoms. The van der Waals surface area contributed by atoms with Crippen molar-refractivity contribution in [3.63, 3.8) is 0 Å². The van der Waals surface area contributed by atoms with Crippen molar-refractivity contribution < 1.29 is 14.3 Å². The molecule has 2 heterocycles. The SMILES string of the molecule is COc1c(Nc2cc(NC(=O)C3CC3)ncn2)ccc2c1CNC2=O. The summed E-state index contributed by atoms with van der Waals surface area (Å²) in [7, 11) is 1.56. The van der Waals surface area contributed by atoms with Gasteiger partial charge in [0, 0.05) is 29.7 Å². The fourth-order valence-corrected chi connectivity index (χ4v) is 2.82. The van der Waals surface area contributed by atoms with Gasteiger partial charge in [-0.3, -0.25) is 9.59 Å². The molecule has 0 unspecified atom stereocenters. The van der Waals surface area contributed by atoms with Gasteiger partial charge in [0.05, 0.1) is 12.8 Å². The monoisotopic (exact) mass is 339 g/mol. The maximum atomic E-state index is 11.9. The highest BCUT2D eigenvalue weighted by Gasteiger charge is 2.30. The second kappa shape index (κ2) is 6.04. The number of nitrogens with zero attached hydrogens (tertiary/aromatic N) is 2. The van der Waals surface area contributed by atoms with Crippen molar-refractivity contribution in [2.75, 3.05) is 17.7 Å². The minimum absolute atomic E-state index is 0.00986. The first-order valence-electron chi connectivity index (χ1n) is 8.03. The molecule has 1 saturated carbocycles. The van der Waals surface area contributed by atoms with E-state index in [-0.39, 0.29) is 17.7 Å². The van der Waals surface area contributed by atoms with E-state index in [1.807, 2.05) is 0 Å². The average molecular weight is 339 g/mol. The van der Waals surface area contributed by atoms with Gasteiger partial charge in [-0.05, 0) is 25.0 Å². The van der Waals surface area contributed by atoms with Crippen LogP contribution in [0.15, 0.2) is 24.5 Å². The van der Waals surface area contributed by atoms with Crippen molar-refractivity contribution in [2.45, 2.75) is 19.4 Å². The largest absolute Gasteiger partial charge is 0.494 e. The standard InChI is InChI=1S/C17H17N5O3/c1-25-15-11-7-18-17(24)10(11)4-5-12(15)21-13-6-14(20-8-19-13)22-16(23)9-2-3-9/h4-6,8-9H,2-3,7H2,1H3,(H,18,24)(H2,19,20,21,22,23).